The van der Waals surface area contributed by atoms with Crippen molar-refractivity contribution in [3.05, 3.63) is 29.8 Å². The zero-order valence-electron chi connectivity index (χ0n) is 12.9. The number of hydrogen-bond donors (Lipinski definition) is 1. The normalized spacial score (nSPS) is 19.6. The van der Waals surface area contributed by atoms with Gasteiger partial charge in [0.1, 0.15) is 0 Å². The second kappa shape index (κ2) is 6.87. The molecule has 6 heteroatoms. The maximum Gasteiger partial charge on any atom is 0.243 e. The highest BCUT2D eigenvalue weighted by molar-refractivity contribution is 7.89. The quantitative estimate of drug-likeness (QED) is 0.867. The Hall–Kier alpha value is -0.950. The molecule has 2 rings (SSSR count). The minimum absolute atomic E-state index is 0.0626. The first-order valence-electron chi connectivity index (χ1n) is 7.29. The van der Waals surface area contributed by atoms with Crippen molar-refractivity contribution in [2.75, 3.05) is 20.3 Å². The van der Waals surface area contributed by atoms with E-state index in [1.54, 1.807) is 25.2 Å². The van der Waals surface area contributed by atoms with Crippen LogP contribution >= 0.6 is 0 Å². The second-order valence-corrected chi connectivity index (χ2v) is 7.72. The Kier molecular flexibility index (Phi) is 5.37. The molecule has 0 bridgehead atoms. The van der Waals surface area contributed by atoms with Gasteiger partial charge in [0, 0.05) is 26.2 Å². The van der Waals surface area contributed by atoms with Crippen LogP contribution in [0.1, 0.15) is 25.8 Å². The molecule has 1 saturated heterocycles. The van der Waals surface area contributed by atoms with Crippen LogP contribution in [-0.2, 0) is 21.3 Å². The van der Waals surface area contributed by atoms with Gasteiger partial charge in [0.25, 0.3) is 0 Å². The highest BCUT2D eigenvalue weighted by Crippen LogP contribution is 2.21. The molecule has 1 aliphatic heterocycles. The van der Waals surface area contributed by atoms with Crippen molar-refractivity contribution in [1.29, 1.82) is 0 Å². The van der Waals surface area contributed by atoms with Crippen molar-refractivity contribution < 1.29 is 13.2 Å². The van der Waals surface area contributed by atoms with Crippen molar-refractivity contribution in [2.45, 2.75) is 43.8 Å². The minimum Gasteiger partial charge on any atom is -0.380 e. The molecular formula is C15H24N2O3S. The third-order valence-corrected chi connectivity index (χ3v) is 5.62. The summed E-state index contributed by atoms with van der Waals surface area (Å²) in [5.74, 6) is 0. The summed E-state index contributed by atoms with van der Waals surface area (Å²) in [5, 5.41) is 3.30. The summed E-state index contributed by atoms with van der Waals surface area (Å²) in [4.78, 5) is 0.347. The van der Waals surface area contributed by atoms with E-state index in [9.17, 15) is 8.42 Å². The van der Waals surface area contributed by atoms with Gasteiger partial charge in [0.2, 0.25) is 10.0 Å². The number of ether oxygens (including phenoxy) is 1. The van der Waals surface area contributed by atoms with E-state index >= 15 is 0 Å². The summed E-state index contributed by atoms with van der Waals surface area (Å²) in [6.45, 7) is 5.90. The van der Waals surface area contributed by atoms with Crippen molar-refractivity contribution in [1.82, 2.24) is 9.62 Å². The fourth-order valence-electron chi connectivity index (χ4n) is 2.31. The monoisotopic (exact) mass is 312 g/mol. The van der Waals surface area contributed by atoms with E-state index < -0.39 is 10.0 Å². The largest absolute Gasteiger partial charge is 0.380 e. The van der Waals surface area contributed by atoms with Crippen LogP contribution in [0.25, 0.3) is 0 Å². The average Bonchev–Trinajstić information content (AvgIpc) is 2.98. The lowest BCUT2D eigenvalue weighted by atomic mass is 10.2. The molecule has 1 fully saturated rings. The van der Waals surface area contributed by atoms with Crippen LogP contribution < -0.4 is 5.32 Å². The number of hydrogen-bond acceptors (Lipinski definition) is 4. The molecule has 5 nitrogen and oxygen atoms in total. The molecule has 1 heterocycles. The molecule has 1 unspecified atom stereocenters. The summed E-state index contributed by atoms with van der Waals surface area (Å²) < 4.78 is 32.0. The molecule has 0 spiro atoms. The zero-order chi connectivity index (χ0) is 15.5. The van der Waals surface area contributed by atoms with Gasteiger partial charge in [0.15, 0.2) is 0 Å². The van der Waals surface area contributed by atoms with E-state index in [0.29, 0.717) is 30.7 Å². The molecule has 0 amide bonds. The Bertz CT molecular complexity index is 566. The number of sulfonamides is 1. The number of nitrogens with one attached hydrogen (secondary N) is 1. The summed E-state index contributed by atoms with van der Waals surface area (Å²) in [5.41, 5.74) is 0.973. The first-order chi connectivity index (χ1) is 9.91. The predicted molar refractivity (Wildman–Crippen MR) is 82.6 cm³/mol. The maximum absolute atomic E-state index is 12.7. The Labute approximate surface area is 127 Å². The maximum atomic E-state index is 12.7. The van der Waals surface area contributed by atoms with E-state index in [0.717, 1.165) is 12.0 Å². The van der Waals surface area contributed by atoms with Gasteiger partial charge in [-0.3, -0.25) is 0 Å². The number of rotatable bonds is 6. The van der Waals surface area contributed by atoms with Gasteiger partial charge in [-0.2, -0.15) is 4.31 Å². The van der Waals surface area contributed by atoms with Crippen LogP contribution in [-0.4, -0.2) is 45.1 Å². The lowest BCUT2D eigenvalue weighted by molar-refractivity contribution is 0.181. The lowest BCUT2D eigenvalue weighted by Crippen LogP contribution is -2.37. The molecule has 1 aromatic rings. The van der Waals surface area contributed by atoms with Gasteiger partial charge < -0.3 is 10.1 Å². The Morgan fingerprint density at radius 2 is 2.19 bits per heavy atom. The topological polar surface area (TPSA) is 58.6 Å². The van der Waals surface area contributed by atoms with Crippen LogP contribution in [0.4, 0.5) is 0 Å². The van der Waals surface area contributed by atoms with Crippen LogP contribution in [0.2, 0.25) is 0 Å². The fourth-order valence-corrected chi connectivity index (χ4v) is 3.75. The smallest absolute Gasteiger partial charge is 0.243 e. The van der Waals surface area contributed by atoms with Gasteiger partial charge in [-0.05, 0) is 24.1 Å². The molecule has 0 saturated carbocycles. The van der Waals surface area contributed by atoms with Crippen LogP contribution in [0.15, 0.2) is 29.2 Å². The van der Waals surface area contributed by atoms with Gasteiger partial charge in [-0.1, -0.05) is 26.0 Å². The van der Waals surface area contributed by atoms with Crippen molar-refractivity contribution in [2.24, 2.45) is 0 Å². The average molecular weight is 312 g/mol. The Balaban J connectivity index is 2.17. The standard InChI is InChI=1S/C15H24N2O3S/c1-12(2)16-10-13-5-4-6-15(9-13)21(18,19)17(3)14-7-8-20-11-14/h4-6,9,12,14,16H,7-8,10-11H2,1-3H3. The van der Waals surface area contributed by atoms with Crippen molar-refractivity contribution in [3.63, 3.8) is 0 Å². The third kappa shape index (κ3) is 4.03. The highest BCUT2D eigenvalue weighted by Gasteiger charge is 2.30. The van der Waals surface area contributed by atoms with E-state index in [1.165, 1.54) is 4.31 Å². The lowest BCUT2D eigenvalue weighted by Gasteiger charge is -2.22. The molecule has 1 aliphatic rings. The fraction of sp³-hybridized carbons (Fsp3) is 0.600. The summed E-state index contributed by atoms with van der Waals surface area (Å²) in [7, 11) is -1.83. The molecule has 0 aliphatic carbocycles. The molecule has 1 atom stereocenters. The second-order valence-electron chi connectivity index (χ2n) is 5.72. The minimum atomic E-state index is -3.46. The molecule has 0 aromatic heterocycles. The summed E-state index contributed by atoms with van der Waals surface area (Å²) in [6.07, 6.45) is 0.754. The SMILES string of the molecule is CC(C)NCc1cccc(S(=O)(=O)N(C)C2CCOC2)c1. The molecule has 21 heavy (non-hydrogen) atoms. The predicted octanol–water partition coefficient (Wildman–Crippen LogP) is 1.59. The van der Waals surface area contributed by atoms with Crippen LogP contribution in [0, 0.1) is 0 Å². The van der Waals surface area contributed by atoms with Gasteiger partial charge in [-0.25, -0.2) is 8.42 Å². The van der Waals surface area contributed by atoms with Crippen LogP contribution in [0.5, 0.6) is 0 Å². The Morgan fingerprint density at radius 3 is 2.81 bits per heavy atom. The Morgan fingerprint density at radius 1 is 1.43 bits per heavy atom. The number of nitrogens with zero attached hydrogens (tertiary/aromatic N) is 1. The van der Waals surface area contributed by atoms with Crippen molar-refractivity contribution >= 4 is 10.0 Å². The first kappa shape index (κ1) is 16.4. The number of likely N-dealkylation sites (N-methyl/N-ethyl adjacent to an activating group) is 1. The molecular weight excluding hydrogens is 288 g/mol. The number of benzene rings is 1. The molecule has 0 radical (unpaired) electrons. The van der Waals surface area contributed by atoms with Gasteiger partial charge in [0.05, 0.1) is 17.5 Å². The van der Waals surface area contributed by atoms with E-state index in [-0.39, 0.29) is 6.04 Å². The van der Waals surface area contributed by atoms with Crippen LogP contribution in [0.3, 0.4) is 0 Å². The van der Waals surface area contributed by atoms with E-state index in [1.807, 2.05) is 6.07 Å². The highest BCUT2D eigenvalue weighted by atomic mass is 32.2. The van der Waals surface area contributed by atoms with E-state index in [4.69, 9.17) is 4.74 Å². The molecule has 1 N–H and O–H groups in total. The summed E-state index contributed by atoms with van der Waals surface area (Å²) in [6, 6.07) is 7.43. The van der Waals surface area contributed by atoms with Crippen molar-refractivity contribution in [3.8, 4) is 0 Å². The van der Waals surface area contributed by atoms with Gasteiger partial charge in [-0.15, -0.1) is 0 Å². The van der Waals surface area contributed by atoms with E-state index in [2.05, 4.69) is 19.2 Å². The first-order valence-corrected chi connectivity index (χ1v) is 8.73. The molecule has 1 aromatic carbocycles. The zero-order valence-corrected chi connectivity index (χ0v) is 13.7. The van der Waals surface area contributed by atoms with Gasteiger partial charge >= 0.3 is 0 Å². The molecule has 118 valence electrons. The summed E-state index contributed by atoms with van der Waals surface area (Å²) >= 11 is 0. The third-order valence-electron chi connectivity index (χ3n) is 3.71.